The highest BCUT2D eigenvalue weighted by atomic mass is 35.5. The summed E-state index contributed by atoms with van der Waals surface area (Å²) in [6, 6.07) is 12.8. The van der Waals surface area contributed by atoms with E-state index in [4.69, 9.17) is 22.2 Å². The number of carbonyl (C=O) groups excluding carboxylic acids is 1. The molecule has 1 aromatic heterocycles. The number of nitrogens with one attached hydrogen (secondary N) is 1. The Bertz CT molecular complexity index is 976. The van der Waals surface area contributed by atoms with Crippen LogP contribution in [-0.2, 0) is 4.79 Å². The second-order valence-corrected chi connectivity index (χ2v) is 7.03. The van der Waals surface area contributed by atoms with E-state index in [0.717, 1.165) is 11.1 Å². The van der Waals surface area contributed by atoms with Gasteiger partial charge in [-0.15, -0.1) is 10.2 Å². The van der Waals surface area contributed by atoms with Crippen LogP contribution in [-0.4, -0.2) is 33.6 Å². The summed E-state index contributed by atoms with van der Waals surface area (Å²) in [6.45, 7) is 1.98. The van der Waals surface area contributed by atoms with Gasteiger partial charge in [0.1, 0.15) is 5.75 Å². The zero-order chi connectivity index (χ0) is 19.4. The molecule has 0 radical (unpaired) electrons. The lowest BCUT2D eigenvalue weighted by Crippen LogP contribution is -2.16. The highest BCUT2D eigenvalue weighted by molar-refractivity contribution is 7.99. The second kappa shape index (κ2) is 8.32. The van der Waals surface area contributed by atoms with Crippen LogP contribution in [0.2, 0.25) is 5.02 Å². The van der Waals surface area contributed by atoms with Gasteiger partial charge in [0.2, 0.25) is 11.1 Å². The molecule has 3 aromatic rings. The van der Waals surface area contributed by atoms with Gasteiger partial charge in [0, 0.05) is 11.3 Å². The number of nitrogens with zero attached hydrogens (tertiary/aromatic N) is 3. The van der Waals surface area contributed by atoms with Crippen LogP contribution in [0.4, 0.5) is 5.69 Å². The molecule has 27 heavy (non-hydrogen) atoms. The van der Waals surface area contributed by atoms with E-state index < -0.39 is 0 Å². The highest BCUT2D eigenvalue weighted by Crippen LogP contribution is 2.28. The summed E-state index contributed by atoms with van der Waals surface area (Å²) in [7, 11) is 1.53. The van der Waals surface area contributed by atoms with E-state index in [1.165, 1.54) is 23.5 Å². The number of nitrogens with two attached hydrogens (primary N) is 1. The SMILES string of the molecule is COc1ccc(NC(=O)CSc2nnc(-c3ccccc3C)n2N)cc1Cl. The first-order valence-corrected chi connectivity index (χ1v) is 9.38. The van der Waals surface area contributed by atoms with Gasteiger partial charge in [0.05, 0.1) is 17.9 Å². The molecule has 0 fully saturated rings. The van der Waals surface area contributed by atoms with Crippen molar-refractivity contribution < 1.29 is 9.53 Å². The zero-order valence-electron chi connectivity index (χ0n) is 14.8. The maximum Gasteiger partial charge on any atom is 0.234 e. The van der Waals surface area contributed by atoms with Crippen LogP contribution in [0.3, 0.4) is 0 Å². The van der Waals surface area contributed by atoms with Crippen molar-refractivity contribution in [1.82, 2.24) is 14.9 Å². The van der Waals surface area contributed by atoms with E-state index in [1.54, 1.807) is 18.2 Å². The number of halogens is 1. The number of nitrogen functional groups attached to an aromatic ring is 1. The van der Waals surface area contributed by atoms with Crippen molar-refractivity contribution in [2.75, 3.05) is 24.0 Å². The summed E-state index contributed by atoms with van der Waals surface area (Å²) in [5.41, 5.74) is 2.53. The molecule has 1 amide bonds. The number of ether oxygens (including phenoxy) is 1. The lowest BCUT2D eigenvalue weighted by molar-refractivity contribution is -0.113. The van der Waals surface area contributed by atoms with Gasteiger partial charge in [-0.3, -0.25) is 4.79 Å². The summed E-state index contributed by atoms with van der Waals surface area (Å²) in [6.07, 6.45) is 0. The van der Waals surface area contributed by atoms with E-state index in [1.807, 2.05) is 31.2 Å². The van der Waals surface area contributed by atoms with Gasteiger partial charge in [0.15, 0.2) is 5.82 Å². The number of hydrogen-bond acceptors (Lipinski definition) is 6. The van der Waals surface area contributed by atoms with Crippen molar-refractivity contribution in [2.45, 2.75) is 12.1 Å². The Balaban J connectivity index is 1.64. The Hall–Kier alpha value is -2.71. The van der Waals surface area contributed by atoms with Crippen LogP contribution >= 0.6 is 23.4 Å². The first-order chi connectivity index (χ1) is 13.0. The maximum atomic E-state index is 12.2. The van der Waals surface area contributed by atoms with E-state index in [-0.39, 0.29) is 11.7 Å². The van der Waals surface area contributed by atoms with Crippen molar-refractivity contribution in [3.05, 3.63) is 53.1 Å². The number of amides is 1. The fourth-order valence-electron chi connectivity index (χ4n) is 2.45. The standard InChI is InChI=1S/C18H18ClN5O2S/c1-11-5-3-4-6-13(11)17-22-23-18(24(17)20)27-10-16(25)21-12-7-8-15(26-2)14(19)9-12/h3-9H,10,20H2,1-2H3,(H,21,25). The monoisotopic (exact) mass is 403 g/mol. The summed E-state index contributed by atoms with van der Waals surface area (Å²) < 4.78 is 6.48. The molecule has 140 valence electrons. The molecule has 0 saturated heterocycles. The molecule has 7 nitrogen and oxygen atoms in total. The van der Waals surface area contributed by atoms with Crippen LogP contribution in [0.5, 0.6) is 5.75 Å². The molecule has 0 atom stereocenters. The molecule has 0 saturated carbocycles. The molecule has 2 aromatic carbocycles. The first-order valence-electron chi connectivity index (χ1n) is 8.02. The molecule has 1 heterocycles. The first kappa shape index (κ1) is 19.1. The van der Waals surface area contributed by atoms with Gasteiger partial charge in [-0.2, -0.15) is 0 Å². The molecule has 9 heteroatoms. The Morgan fingerprint density at radius 3 is 2.78 bits per heavy atom. The molecule has 0 bridgehead atoms. The summed E-state index contributed by atoms with van der Waals surface area (Å²) >= 11 is 7.26. The van der Waals surface area contributed by atoms with Crippen molar-refractivity contribution in [2.24, 2.45) is 0 Å². The number of thioether (sulfide) groups is 1. The zero-order valence-corrected chi connectivity index (χ0v) is 16.3. The van der Waals surface area contributed by atoms with Crippen molar-refractivity contribution in [3.63, 3.8) is 0 Å². The number of rotatable bonds is 6. The van der Waals surface area contributed by atoms with Crippen molar-refractivity contribution in [1.29, 1.82) is 0 Å². The number of anilines is 1. The fourth-order valence-corrected chi connectivity index (χ4v) is 3.37. The van der Waals surface area contributed by atoms with Crippen molar-refractivity contribution in [3.8, 4) is 17.1 Å². The number of methoxy groups -OCH3 is 1. The minimum Gasteiger partial charge on any atom is -0.495 e. The molecular formula is C18H18ClN5O2S. The van der Waals surface area contributed by atoms with E-state index >= 15 is 0 Å². The molecule has 0 aliphatic rings. The topological polar surface area (TPSA) is 95.1 Å². The minimum atomic E-state index is -0.207. The van der Waals surface area contributed by atoms with Crippen LogP contribution in [0, 0.1) is 6.92 Å². The van der Waals surface area contributed by atoms with Gasteiger partial charge in [-0.05, 0) is 30.7 Å². The lowest BCUT2D eigenvalue weighted by Gasteiger charge is -2.08. The van der Waals surface area contributed by atoms with Gasteiger partial charge >= 0.3 is 0 Å². The van der Waals surface area contributed by atoms with E-state index in [0.29, 0.717) is 27.4 Å². The number of hydrogen-bond donors (Lipinski definition) is 2. The third-order valence-corrected chi connectivity index (χ3v) is 5.06. The highest BCUT2D eigenvalue weighted by Gasteiger charge is 2.15. The summed E-state index contributed by atoms with van der Waals surface area (Å²) in [4.78, 5) is 12.2. The predicted molar refractivity (Wildman–Crippen MR) is 108 cm³/mol. The van der Waals surface area contributed by atoms with Gasteiger partial charge < -0.3 is 15.9 Å². The van der Waals surface area contributed by atoms with Gasteiger partial charge in [0.25, 0.3) is 0 Å². The molecule has 0 unspecified atom stereocenters. The number of benzene rings is 2. The Morgan fingerprint density at radius 1 is 1.30 bits per heavy atom. The van der Waals surface area contributed by atoms with Crippen molar-refractivity contribution >= 4 is 35.0 Å². The normalized spacial score (nSPS) is 10.6. The number of aryl methyl sites for hydroxylation is 1. The van der Waals surface area contributed by atoms with Gasteiger partial charge in [-0.1, -0.05) is 47.6 Å². The third-order valence-electron chi connectivity index (χ3n) is 3.82. The molecular weight excluding hydrogens is 386 g/mol. The second-order valence-electron chi connectivity index (χ2n) is 5.68. The minimum absolute atomic E-state index is 0.132. The molecule has 3 rings (SSSR count). The van der Waals surface area contributed by atoms with Crippen LogP contribution in [0.15, 0.2) is 47.6 Å². The summed E-state index contributed by atoms with van der Waals surface area (Å²) in [5.74, 6) is 7.13. The molecule has 0 aliphatic heterocycles. The average Bonchev–Trinajstić information content (AvgIpc) is 3.01. The third kappa shape index (κ3) is 4.35. The number of aromatic nitrogens is 3. The van der Waals surface area contributed by atoms with E-state index in [9.17, 15) is 4.79 Å². The smallest absolute Gasteiger partial charge is 0.234 e. The average molecular weight is 404 g/mol. The predicted octanol–water partition coefficient (Wildman–Crippen LogP) is 3.36. The Kier molecular flexibility index (Phi) is 5.88. The van der Waals surface area contributed by atoms with Gasteiger partial charge in [-0.25, -0.2) is 4.68 Å². The quantitative estimate of drug-likeness (QED) is 0.484. The lowest BCUT2D eigenvalue weighted by atomic mass is 10.1. The van der Waals surface area contributed by atoms with Crippen LogP contribution in [0.25, 0.3) is 11.4 Å². The molecule has 0 spiro atoms. The van der Waals surface area contributed by atoms with Crippen LogP contribution < -0.4 is 15.9 Å². The summed E-state index contributed by atoms with van der Waals surface area (Å²) in [5, 5.41) is 11.9. The Labute approximate surface area is 165 Å². The van der Waals surface area contributed by atoms with Crippen LogP contribution in [0.1, 0.15) is 5.56 Å². The number of carbonyl (C=O) groups is 1. The van der Waals surface area contributed by atoms with E-state index in [2.05, 4.69) is 15.5 Å². The maximum absolute atomic E-state index is 12.2. The molecule has 0 aliphatic carbocycles. The fraction of sp³-hybridized carbons (Fsp3) is 0.167. The molecule has 3 N–H and O–H groups in total. The largest absolute Gasteiger partial charge is 0.495 e. The Morgan fingerprint density at radius 2 is 2.07 bits per heavy atom.